The minimum absolute atomic E-state index is 0.134. The van der Waals surface area contributed by atoms with Crippen LogP contribution in [-0.4, -0.2) is 30.5 Å². The number of hydrogen-bond donors (Lipinski definition) is 0. The van der Waals surface area contributed by atoms with E-state index >= 15 is 0 Å². The minimum atomic E-state index is -0.462. The van der Waals surface area contributed by atoms with Gasteiger partial charge in [0.2, 0.25) is 0 Å². The lowest BCUT2D eigenvalue weighted by Gasteiger charge is -2.35. The first kappa shape index (κ1) is 22.0. The molecule has 32 heavy (non-hydrogen) atoms. The van der Waals surface area contributed by atoms with Crippen LogP contribution in [0.15, 0.2) is 48.5 Å². The molecule has 0 bridgehead atoms. The molecule has 0 saturated heterocycles. The summed E-state index contributed by atoms with van der Waals surface area (Å²) in [4.78, 5) is 30.7. The summed E-state index contributed by atoms with van der Waals surface area (Å²) in [6, 6.07) is 14.4. The van der Waals surface area contributed by atoms with Crippen molar-refractivity contribution >= 4 is 22.7 Å². The van der Waals surface area contributed by atoms with Gasteiger partial charge in [-0.05, 0) is 66.5 Å². The largest absolute Gasteiger partial charge is 0.497 e. The van der Waals surface area contributed by atoms with Crippen LogP contribution in [0.25, 0.3) is 10.9 Å². The van der Waals surface area contributed by atoms with Crippen molar-refractivity contribution in [2.75, 3.05) is 13.7 Å². The van der Waals surface area contributed by atoms with Crippen LogP contribution in [-0.2, 0) is 17.6 Å². The number of benzene rings is 2. The number of nitrogens with zero attached hydrogens (tertiary/aromatic N) is 1. The Morgan fingerprint density at radius 2 is 1.78 bits per heavy atom. The van der Waals surface area contributed by atoms with Crippen molar-refractivity contribution in [1.82, 2.24) is 4.98 Å². The van der Waals surface area contributed by atoms with Crippen LogP contribution < -0.4 is 4.74 Å². The molecule has 166 valence electrons. The summed E-state index contributed by atoms with van der Waals surface area (Å²) in [6.07, 6.45) is 2.67. The van der Waals surface area contributed by atoms with Crippen molar-refractivity contribution in [2.24, 2.45) is 11.3 Å². The number of pyridine rings is 1. The highest BCUT2D eigenvalue weighted by Gasteiger charge is 2.33. The number of carbonyl (C=O) groups is 2. The Morgan fingerprint density at radius 3 is 2.47 bits per heavy atom. The highest BCUT2D eigenvalue weighted by Crippen LogP contribution is 2.39. The Labute approximate surface area is 188 Å². The first-order valence-electron chi connectivity index (χ1n) is 11.0. The molecular formula is C27H29NO4. The van der Waals surface area contributed by atoms with E-state index in [0.29, 0.717) is 22.8 Å². The third kappa shape index (κ3) is 4.38. The van der Waals surface area contributed by atoms with Gasteiger partial charge in [-0.1, -0.05) is 39.0 Å². The number of aryl methyl sites for hydroxylation is 1. The van der Waals surface area contributed by atoms with Crippen molar-refractivity contribution in [1.29, 1.82) is 0 Å². The Hall–Kier alpha value is -3.21. The number of methoxy groups -OCH3 is 1. The normalized spacial score (nSPS) is 15.8. The quantitative estimate of drug-likeness (QED) is 0.398. The van der Waals surface area contributed by atoms with Gasteiger partial charge >= 0.3 is 5.97 Å². The third-order valence-electron chi connectivity index (χ3n) is 6.43. The number of fused-ring (bicyclic) bond motifs is 2. The summed E-state index contributed by atoms with van der Waals surface area (Å²) in [5.74, 6) is 0.407. The molecule has 0 aliphatic heterocycles. The molecule has 1 aromatic heterocycles. The molecule has 0 amide bonds. The van der Waals surface area contributed by atoms with Crippen LogP contribution in [0.4, 0.5) is 0 Å². The van der Waals surface area contributed by atoms with Crippen LogP contribution in [0, 0.1) is 11.3 Å². The molecule has 1 heterocycles. The summed E-state index contributed by atoms with van der Waals surface area (Å²) in [7, 11) is 1.57. The maximum atomic E-state index is 13.3. The lowest BCUT2D eigenvalue weighted by molar-refractivity contribution is 0.0474. The van der Waals surface area contributed by atoms with Gasteiger partial charge in [0.25, 0.3) is 0 Å². The van der Waals surface area contributed by atoms with Gasteiger partial charge in [0.1, 0.15) is 5.75 Å². The standard InChI is InChI=1S/C27H29NO4/c1-27(2,3)18-11-14-23-21(15-18)25(20-7-5-6-8-22(20)28-23)26(30)32-16-24(29)17-9-12-19(31-4)13-10-17/h5-10,12-13,18H,11,14-16H2,1-4H3. The molecule has 4 rings (SSSR count). The lowest BCUT2D eigenvalue weighted by Crippen LogP contribution is -2.29. The molecular weight excluding hydrogens is 402 g/mol. The van der Waals surface area contributed by atoms with Crippen LogP contribution in [0.5, 0.6) is 5.75 Å². The average molecular weight is 432 g/mol. The predicted octanol–water partition coefficient (Wildman–Crippen LogP) is 5.43. The molecule has 0 fully saturated rings. The Bertz CT molecular complexity index is 1160. The van der Waals surface area contributed by atoms with E-state index < -0.39 is 5.97 Å². The van der Waals surface area contributed by atoms with E-state index in [1.54, 1.807) is 31.4 Å². The summed E-state index contributed by atoms with van der Waals surface area (Å²) < 4.78 is 10.7. The smallest absolute Gasteiger partial charge is 0.339 e. The Kier molecular flexibility index (Phi) is 6.00. The van der Waals surface area contributed by atoms with E-state index in [1.807, 2.05) is 24.3 Å². The second-order valence-electron chi connectivity index (χ2n) is 9.46. The third-order valence-corrected chi connectivity index (χ3v) is 6.43. The van der Waals surface area contributed by atoms with Gasteiger partial charge in [-0.15, -0.1) is 0 Å². The fourth-order valence-electron chi connectivity index (χ4n) is 4.42. The predicted molar refractivity (Wildman–Crippen MR) is 124 cm³/mol. The number of ketones is 1. The van der Waals surface area contributed by atoms with E-state index in [2.05, 4.69) is 20.8 Å². The van der Waals surface area contributed by atoms with E-state index in [0.717, 1.165) is 41.4 Å². The molecule has 0 N–H and O–H groups in total. The lowest BCUT2D eigenvalue weighted by atomic mass is 9.70. The molecule has 0 radical (unpaired) electrons. The maximum Gasteiger partial charge on any atom is 0.339 e. The highest BCUT2D eigenvalue weighted by atomic mass is 16.5. The average Bonchev–Trinajstić information content (AvgIpc) is 2.79. The van der Waals surface area contributed by atoms with Crippen molar-refractivity contribution in [2.45, 2.75) is 40.0 Å². The van der Waals surface area contributed by atoms with Gasteiger partial charge < -0.3 is 9.47 Å². The summed E-state index contributed by atoms with van der Waals surface area (Å²) in [5, 5.41) is 0.780. The number of Topliss-reactive ketones (excluding diaryl/α,β-unsaturated/α-hetero) is 1. The summed E-state index contributed by atoms with van der Waals surface area (Å²) in [6.45, 7) is 6.41. The van der Waals surface area contributed by atoms with Gasteiger partial charge in [0.15, 0.2) is 12.4 Å². The van der Waals surface area contributed by atoms with E-state index in [4.69, 9.17) is 14.5 Å². The number of para-hydroxylation sites is 1. The molecule has 2 aromatic carbocycles. The first-order valence-corrected chi connectivity index (χ1v) is 11.0. The van der Waals surface area contributed by atoms with Gasteiger partial charge in [-0.2, -0.15) is 0 Å². The number of aromatic nitrogens is 1. The van der Waals surface area contributed by atoms with Crippen molar-refractivity contribution in [3.63, 3.8) is 0 Å². The topological polar surface area (TPSA) is 65.5 Å². The first-order chi connectivity index (χ1) is 15.3. The zero-order valence-electron chi connectivity index (χ0n) is 19.1. The van der Waals surface area contributed by atoms with Crippen LogP contribution in [0.3, 0.4) is 0 Å². The molecule has 0 saturated carbocycles. The van der Waals surface area contributed by atoms with Crippen molar-refractivity contribution < 1.29 is 19.1 Å². The maximum absolute atomic E-state index is 13.3. The number of hydrogen-bond acceptors (Lipinski definition) is 5. The zero-order valence-corrected chi connectivity index (χ0v) is 19.1. The van der Waals surface area contributed by atoms with E-state index in [9.17, 15) is 9.59 Å². The van der Waals surface area contributed by atoms with Gasteiger partial charge in [-0.3, -0.25) is 9.78 Å². The molecule has 0 spiro atoms. The van der Waals surface area contributed by atoms with E-state index in [1.165, 1.54) is 0 Å². The second kappa shape index (κ2) is 8.73. The second-order valence-corrected chi connectivity index (χ2v) is 9.46. The Balaban J connectivity index is 1.63. The number of rotatable bonds is 5. The molecule has 1 aliphatic rings. The summed E-state index contributed by atoms with van der Waals surface area (Å²) >= 11 is 0. The molecule has 5 heteroatoms. The highest BCUT2D eigenvalue weighted by molar-refractivity contribution is 6.06. The van der Waals surface area contributed by atoms with Crippen LogP contribution in [0.1, 0.15) is 59.2 Å². The van der Waals surface area contributed by atoms with Gasteiger partial charge in [-0.25, -0.2) is 4.79 Å². The zero-order chi connectivity index (χ0) is 22.9. The molecule has 1 unspecified atom stereocenters. The van der Waals surface area contributed by atoms with Gasteiger partial charge in [0, 0.05) is 16.6 Å². The molecule has 3 aromatic rings. The van der Waals surface area contributed by atoms with E-state index in [-0.39, 0.29) is 17.8 Å². The molecule has 1 atom stereocenters. The number of esters is 1. The van der Waals surface area contributed by atoms with Crippen molar-refractivity contribution in [3.8, 4) is 5.75 Å². The molecule has 1 aliphatic carbocycles. The summed E-state index contributed by atoms with van der Waals surface area (Å²) in [5.41, 5.74) is 3.90. The van der Waals surface area contributed by atoms with Crippen LogP contribution in [0.2, 0.25) is 0 Å². The monoisotopic (exact) mass is 431 g/mol. The minimum Gasteiger partial charge on any atom is -0.497 e. The van der Waals surface area contributed by atoms with Crippen LogP contribution >= 0.6 is 0 Å². The van der Waals surface area contributed by atoms with Gasteiger partial charge in [0.05, 0.1) is 18.2 Å². The fraction of sp³-hybridized carbons (Fsp3) is 0.370. The fourth-order valence-corrected chi connectivity index (χ4v) is 4.42. The number of ether oxygens (including phenoxy) is 2. The SMILES string of the molecule is COc1ccc(C(=O)COC(=O)c2c3c(nc4ccccc24)CCC(C(C)(C)C)C3)cc1. The molecule has 5 nitrogen and oxygen atoms in total. The Morgan fingerprint density at radius 1 is 1.06 bits per heavy atom. The van der Waals surface area contributed by atoms with Crippen molar-refractivity contribution in [3.05, 3.63) is 70.9 Å². The number of carbonyl (C=O) groups excluding carboxylic acids is 2.